The third kappa shape index (κ3) is 4.03. The van der Waals surface area contributed by atoms with Crippen LogP contribution in [0.5, 0.6) is 0 Å². The molecule has 0 aliphatic heterocycles. The molecule has 1 aromatic heterocycles. The molecule has 0 saturated heterocycles. The molecule has 2 aromatic carbocycles. The molecule has 7 heteroatoms. The molecule has 27 heavy (non-hydrogen) atoms. The summed E-state index contributed by atoms with van der Waals surface area (Å²) in [6.07, 6.45) is 0. The minimum Gasteiger partial charge on any atom is -0.349 e. The maximum atomic E-state index is 12.7. The van der Waals surface area contributed by atoms with Crippen molar-refractivity contribution in [3.8, 4) is 16.9 Å². The number of nitro groups is 1. The number of aryl methyl sites for hydroxylation is 1. The van der Waals surface area contributed by atoms with Crippen LogP contribution in [-0.2, 0) is 0 Å². The molecule has 1 N–H and O–H groups in total. The summed E-state index contributed by atoms with van der Waals surface area (Å²) >= 11 is 0. The fourth-order valence-corrected chi connectivity index (χ4v) is 2.73. The number of carbonyl (C=O) groups excluding carboxylic acids is 1. The summed E-state index contributed by atoms with van der Waals surface area (Å²) < 4.78 is 1.60. The predicted molar refractivity (Wildman–Crippen MR) is 103 cm³/mol. The Morgan fingerprint density at radius 1 is 1.15 bits per heavy atom. The Labute approximate surface area is 156 Å². The van der Waals surface area contributed by atoms with Gasteiger partial charge in [-0.25, -0.2) is 4.68 Å². The Hall–Kier alpha value is -3.48. The molecule has 0 aliphatic rings. The fraction of sp³-hybridized carbons (Fsp3) is 0.200. The summed E-state index contributed by atoms with van der Waals surface area (Å²) in [7, 11) is 0. The van der Waals surface area contributed by atoms with E-state index in [2.05, 4.69) is 10.4 Å². The maximum absolute atomic E-state index is 12.7. The average molecular weight is 364 g/mol. The van der Waals surface area contributed by atoms with Gasteiger partial charge in [-0.2, -0.15) is 5.10 Å². The summed E-state index contributed by atoms with van der Waals surface area (Å²) in [5, 5.41) is 18.3. The molecule has 0 saturated carbocycles. The molecule has 0 unspecified atom stereocenters. The number of benzene rings is 2. The van der Waals surface area contributed by atoms with Crippen molar-refractivity contribution in [1.29, 1.82) is 0 Å². The lowest BCUT2D eigenvalue weighted by molar-refractivity contribution is -0.384. The topological polar surface area (TPSA) is 90.1 Å². The van der Waals surface area contributed by atoms with Crippen LogP contribution in [0.1, 0.15) is 29.9 Å². The summed E-state index contributed by atoms with van der Waals surface area (Å²) in [6, 6.07) is 15.5. The predicted octanol–water partition coefficient (Wildman–Crippen LogP) is 3.89. The van der Waals surface area contributed by atoms with Crippen LogP contribution in [-0.4, -0.2) is 26.7 Å². The van der Waals surface area contributed by atoms with Crippen LogP contribution in [0.15, 0.2) is 54.6 Å². The molecule has 1 heterocycles. The van der Waals surface area contributed by atoms with Gasteiger partial charge in [0, 0.05) is 23.7 Å². The second kappa shape index (κ2) is 7.41. The zero-order valence-electron chi connectivity index (χ0n) is 15.3. The number of carbonyl (C=O) groups is 1. The van der Waals surface area contributed by atoms with E-state index in [4.69, 9.17) is 0 Å². The SMILES string of the molecule is Cc1cccc(-n2nc(-c3ccc([N+](=O)[O-])cc3)cc2C(=O)NC(C)C)c1. The number of aromatic nitrogens is 2. The first-order valence-corrected chi connectivity index (χ1v) is 8.58. The van der Waals surface area contributed by atoms with Crippen LogP contribution in [0.25, 0.3) is 16.9 Å². The van der Waals surface area contributed by atoms with Gasteiger partial charge in [-0.1, -0.05) is 12.1 Å². The molecule has 0 atom stereocenters. The third-order valence-electron chi connectivity index (χ3n) is 3.98. The van der Waals surface area contributed by atoms with E-state index in [1.165, 1.54) is 12.1 Å². The monoisotopic (exact) mass is 364 g/mol. The normalized spacial score (nSPS) is 10.8. The molecule has 3 rings (SSSR count). The standard InChI is InChI=1S/C20H20N4O3/c1-13(2)21-20(25)19-12-18(15-7-9-16(10-8-15)24(26)27)22-23(19)17-6-4-5-14(3)11-17/h4-13H,1-3H3,(H,21,25). The maximum Gasteiger partial charge on any atom is 0.270 e. The van der Waals surface area contributed by atoms with E-state index < -0.39 is 4.92 Å². The number of non-ortho nitro benzene ring substituents is 1. The number of amides is 1. The lowest BCUT2D eigenvalue weighted by atomic mass is 10.1. The van der Waals surface area contributed by atoms with Crippen molar-refractivity contribution >= 4 is 11.6 Å². The van der Waals surface area contributed by atoms with E-state index in [1.54, 1.807) is 22.9 Å². The number of hydrogen-bond acceptors (Lipinski definition) is 4. The van der Waals surface area contributed by atoms with Gasteiger partial charge in [0.15, 0.2) is 0 Å². The van der Waals surface area contributed by atoms with Crippen molar-refractivity contribution in [3.05, 3.63) is 76.0 Å². The van der Waals surface area contributed by atoms with Gasteiger partial charge in [-0.15, -0.1) is 0 Å². The molecule has 1 amide bonds. The van der Waals surface area contributed by atoms with Gasteiger partial charge in [-0.3, -0.25) is 14.9 Å². The van der Waals surface area contributed by atoms with E-state index in [-0.39, 0.29) is 17.6 Å². The van der Waals surface area contributed by atoms with Crippen molar-refractivity contribution in [2.24, 2.45) is 0 Å². The smallest absolute Gasteiger partial charge is 0.270 e. The van der Waals surface area contributed by atoms with Crippen molar-refractivity contribution in [2.75, 3.05) is 0 Å². The van der Waals surface area contributed by atoms with Crippen LogP contribution in [0, 0.1) is 17.0 Å². The van der Waals surface area contributed by atoms with E-state index in [1.807, 2.05) is 45.0 Å². The largest absolute Gasteiger partial charge is 0.349 e. The van der Waals surface area contributed by atoms with Gasteiger partial charge in [0.05, 0.1) is 16.3 Å². The van der Waals surface area contributed by atoms with E-state index >= 15 is 0 Å². The van der Waals surface area contributed by atoms with Gasteiger partial charge in [0.1, 0.15) is 5.69 Å². The van der Waals surface area contributed by atoms with E-state index in [0.29, 0.717) is 17.0 Å². The highest BCUT2D eigenvalue weighted by molar-refractivity contribution is 5.94. The van der Waals surface area contributed by atoms with Crippen LogP contribution >= 0.6 is 0 Å². The lowest BCUT2D eigenvalue weighted by Crippen LogP contribution is -2.31. The van der Waals surface area contributed by atoms with Crippen LogP contribution in [0.4, 0.5) is 5.69 Å². The Morgan fingerprint density at radius 2 is 1.85 bits per heavy atom. The van der Waals surface area contributed by atoms with Crippen molar-refractivity contribution < 1.29 is 9.72 Å². The van der Waals surface area contributed by atoms with Gasteiger partial charge < -0.3 is 5.32 Å². The van der Waals surface area contributed by atoms with Crippen molar-refractivity contribution in [3.63, 3.8) is 0 Å². The fourth-order valence-electron chi connectivity index (χ4n) is 2.73. The Balaban J connectivity index is 2.08. The minimum absolute atomic E-state index is 0.00893. The molecule has 0 radical (unpaired) electrons. The Kier molecular flexibility index (Phi) is 5.03. The van der Waals surface area contributed by atoms with E-state index in [0.717, 1.165) is 11.3 Å². The highest BCUT2D eigenvalue weighted by Crippen LogP contribution is 2.24. The molecule has 138 valence electrons. The highest BCUT2D eigenvalue weighted by Gasteiger charge is 2.18. The zero-order valence-corrected chi connectivity index (χ0v) is 15.3. The number of nitrogens with one attached hydrogen (secondary N) is 1. The number of nitrogens with zero attached hydrogens (tertiary/aromatic N) is 3. The second-order valence-electron chi connectivity index (χ2n) is 6.60. The molecular weight excluding hydrogens is 344 g/mol. The summed E-state index contributed by atoms with van der Waals surface area (Å²) in [4.78, 5) is 23.1. The summed E-state index contributed by atoms with van der Waals surface area (Å²) in [6.45, 7) is 5.75. The van der Waals surface area contributed by atoms with Gasteiger partial charge in [0.25, 0.3) is 11.6 Å². The average Bonchev–Trinajstić information content (AvgIpc) is 3.07. The van der Waals surface area contributed by atoms with E-state index in [9.17, 15) is 14.9 Å². The Bertz CT molecular complexity index is 991. The molecule has 0 bridgehead atoms. The lowest BCUT2D eigenvalue weighted by Gasteiger charge is -2.10. The summed E-state index contributed by atoms with van der Waals surface area (Å²) in [5.74, 6) is -0.229. The highest BCUT2D eigenvalue weighted by atomic mass is 16.6. The number of rotatable bonds is 5. The molecule has 0 fully saturated rings. The molecule has 7 nitrogen and oxygen atoms in total. The summed E-state index contributed by atoms with van der Waals surface area (Å²) in [5.41, 5.74) is 3.51. The van der Waals surface area contributed by atoms with Gasteiger partial charge >= 0.3 is 0 Å². The number of hydrogen-bond donors (Lipinski definition) is 1. The first kappa shape index (κ1) is 18.3. The van der Waals surface area contributed by atoms with Crippen LogP contribution < -0.4 is 5.32 Å². The van der Waals surface area contributed by atoms with Gasteiger partial charge in [-0.05, 0) is 56.7 Å². The first-order valence-electron chi connectivity index (χ1n) is 8.58. The first-order chi connectivity index (χ1) is 12.8. The quantitative estimate of drug-likeness (QED) is 0.549. The van der Waals surface area contributed by atoms with Gasteiger partial charge in [0.2, 0.25) is 0 Å². The van der Waals surface area contributed by atoms with Crippen molar-refractivity contribution in [1.82, 2.24) is 15.1 Å². The molecular formula is C20H20N4O3. The zero-order chi connectivity index (χ0) is 19.6. The molecule has 0 aliphatic carbocycles. The van der Waals surface area contributed by atoms with Crippen LogP contribution in [0.2, 0.25) is 0 Å². The second-order valence-corrected chi connectivity index (χ2v) is 6.60. The molecule has 3 aromatic rings. The Morgan fingerprint density at radius 3 is 2.44 bits per heavy atom. The van der Waals surface area contributed by atoms with Crippen LogP contribution in [0.3, 0.4) is 0 Å². The third-order valence-corrected chi connectivity index (χ3v) is 3.98. The van der Waals surface area contributed by atoms with Crippen molar-refractivity contribution in [2.45, 2.75) is 26.8 Å². The number of nitro benzene ring substituents is 1. The molecule has 0 spiro atoms. The minimum atomic E-state index is -0.448.